The van der Waals surface area contributed by atoms with E-state index in [4.69, 9.17) is 0 Å². The number of rotatable bonds is 2. The summed E-state index contributed by atoms with van der Waals surface area (Å²) in [6.07, 6.45) is 2.15. The van der Waals surface area contributed by atoms with Crippen molar-refractivity contribution in [1.82, 2.24) is 0 Å². The Balaban J connectivity index is 2.05. The van der Waals surface area contributed by atoms with Gasteiger partial charge in [-0.1, -0.05) is 6.07 Å². The second-order valence-corrected chi connectivity index (χ2v) is 6.14. The third-order valence-corrected chi connectivity index (χ3v) is 4.64. The summed E-state index contributed by atoms with van der Waals surface area (Å²) in [7, 11) is 0. The van der Waals surface area contributed by atoms with E-state index in [-0.39, 0.29) is 11.2 Å². The lowest BCUT2D eigenvalue weighted by molar-refractivity contribution is -0.115. The van der Waals surface area contributed by atoms with Crippen LogP contribution in [0.5, 0.6) is 0 Å². The fourth-order valence-electron chi connectivity index (χ4n) is 1.72. The third kappa shape index (κ3) is 2.80. The summed E-state index contributed by atoms with van der Waals surface area (Å²) in [5.74, 6) is 1.24. The second kappa shape index (κ2) is 5.23. The first kappa shape index (κ1) is 12.0. The van der Waals surface area contributed by atoms with Crippen molar-refractivity contribution in [2.75, 3.05) is 11.1 Å². The average molecular weight is 300 g/mol. The first-order valence-corrected chi connectivity index (χ1v) is 7.19. The van der Waals surface area contributed by atoms with Gasteiger partial charge in [0.25, 0.3) is 0 Å². The highest BCUT2D eigenvalue weighted by atomic mass is 79.9. The molecular weight excluding hydrogens is 286 g/mol. The molecule has 1 aliphatic rings. The van der Waals surface area contributed by atoms with Gasteiger partial charge in [-0.3, -0.25) is 4.79 Å². The molecule has 86 valence electrons. The Bertz CT molecular complexity index is 402. The molecule has 1 aromatic rings. The molecule has 0 spiro atoms. The van der Waals surface area contributed by atoms with E-state index in [0.29, 0.717) is 0 Å². The van der Waals surface area contributed by atoms with E-state index in [1.165, 1.54) is 5.56 Å². The highest BCUT2D eigenvalue weighted by molar-refractivity contribution is 9.10. The minimum atomic E-state index is 0.132. The lowest BCUT2D eigenvalue weighted by atomic mass is 10.2. The van der Waals surface area contributed by atoms with Gasteiger partial charge in [-0.15, -0.1) is 11.8 Å². The maximum Gasteiger partial charge on any atom is 0.237 e. The van der Waals surface area contributed by atoms with Crippen LogP contribution < -0.4 is 5.32 Å². The van der Waals surface area contributed by atoms with E-state index in [1.54, 1.807) is 11.8 Å². The number of nitrogens with one attached hydrogen (secondary N) is 1. The Labute approximate surface area is 108 Å². The number of anilines is 1. The van der Waals surface area contributed by atoms with Crippen molar-refractivity contribution < 1.29 is 4.79 Å². The maximum atomic E-state index is 11.9. The molecule has 1 unspecified atom stereocenters. The zero-order chi connectivity index (χ0) is 11.5. The van der Waals surface area contributed by atoms with Crippen molar-refractivity contribution in [2.45, 2.75) is 25.0 Å². The van der Waals surface area contributed by atoms with Crippen LogP contribution in [-0.2, 0) is 4.79 Å². The Morgan fingerprint density at radius 2 is 2.38 bits per heavy atom. The molecular formula is C12H14BrNOS. The normalized spacial score (nSPS) is 19.8. The summed E-state index contributed by atoms with van der Waals surface area (Å²) < 4.78 is 0.948. The van der Waals surface area contributed by atoms with Gasteiger partial charge in [0.15, 0.2) is 0 Å². The summed E-state index contributed by atoms with van der Waals surface area (Å²) in [5, 5.41) is 3.11. The predicted octanol–water partition coefficient (Wildman–Crippen LogP) is 3.59. The lowest BCUT2D eigenvalue weighted by Gasteiger charge is -2.11. The number of thioether (sulfide) groups is 1. The first-order valence-electron chi connectivity index (χ1n) is 5.35. The van der Waals surface area contributed by atoms with Crippen LogP contribution in [0.25, 0.3) is 0 Å². The van der Waals surface area contributed by atoms with Crippen LogP contribution in [-0.4, -0.2) is 16.9 Å². The highest BCUT2D eigenvalue weighted by Gasteiger charge is 2.23. The topological polar surface area (TPSA) is 29.1 Å². The van der Waals surface area contributed by atoms with Crippen molar-refractivity contribution in [3.63, 3.8) is 0 Å². The van der Waals surface area contributed by atoms with Crippen LogP contribution in [0.1, 0.15) is 18.4 Å². The second-order valence-electron chi connectivity index (χ2n) is 3.97. The maximum absolute atomic E-state index is 11.9. The minimum absolute atomic E-state index is 0.132. The molecule has 2 rings (SSSR count). The quantitative estimate of drug-likeness (QED) is 0.904. The zero-order valence-electron chi connectivity index (χ0n) is 9.13. The monoisotopic (exact) mass is 299 g/mol. The number of amides is 1. The van der Waals surface area contributed by atoms with Crippen molar-refractivity contribution in [1.29, 1.82) is 0 Å². The predicted molar refractivity (Wildman–Crippen MR) is 73.0 cm³/mol. The Kier molecular flexibility index (Phi) is 3.92. The van der Waals surface area contributed by atoms with Crippen molar-refractivity contribution in [3.05, 3.63) is 28.2 Å². The molecule has 1 aliphatic heterocycles. The van der Waals surface area contributed by atoms with E-state index >= 15 is 0 Å². The molecule has 0 aliphatic carbocycles. The fourth-order valence-corrected chi connectivity index (χ4v) is 3.47. The van der Waals surface area contributed by atoms with Crippen LogP contribution in [0, 0.1) is 6.92 Å². The van der Waals surface area contributed by atoms with Crippen LogP contribution in [0.4, 0.5) is 5.69 Å². The number of hydrogen-bond donors (Lipinski definition) is 1. The minimum Gasteiger partial charge on any atom is -0.324 e. The molecule has 2 nitrogen and oxygen atoms in total. The van der Waals surface area contributed by atoms with Gasteiger partial charge in [0.2, 0.25) is 5.91 Å². The number of aryl methyl sites for hydroxylation is 1. The number of halogens is 1. The SMILES string of the molecule is Cc1ccc(NC(=O)C2CCCS2)c(Br)c1. The molecule has 1 heterocycles. The van der Waals surface area contributed by atoms with Crippen LogP contribution in [0.15, 0.2) is 22.7 Å². The van der Waals surface area contributed by atoms with Gasteiger partial charge < -0.3 is 5.32 Å². The Morgan fingerprint density at radius 1 is 1.56 bits per heavy atom. The number of benzene rings is 1. The van der Waals surface area contributed by atoms with Gasteiger partial charge in [-0.05, 0) is 59.1 Å². The summed E-state index contributed by atoms with van der Waals surface area (Å²) >= 11 is 5.21. The van der Waals surface area contributed by atoms with Gasteiger partial charge in [-0.25, -0.2) is 0 Å². The third-order valence-electron chi connectivity index (χ3n) is 2.60. The molecule has 1 atom stereocenters. The van der Waals surface area contributed by atoms with E-state index in [0.717, 1.165) is 28.8 Å². The summed E-state index contributed by atoms with van der Waals surface area (Å²) in [6.45, 7) is 2.03. The van der Waals surface area contributed by atoms with Crippen LogP contribution >= 0.6 is 27.7 Å². The van der Waals surface area contributed by atoms with Gasteiger partial charge in [0, 0.05) is 4.47 Å². The van der Waals surface area contributed by atoms with Gasteiger partial charge in [-0.2, -0.15) is 0 Å². The molecule has 0 bridgehead atoms. The standard InChI is InChI=1S/C12H14BrNOS/c1-8-4-5-10(9(13)7-8)14-12(15)11-3-2-6-16-11/h4-5,7,11H,2-3,6H2,1H3,(H,14,15). The number of carbonyl (C=O) groups is 1. The van der Waals surface area contributed by atoms with Crippen molar-refractivity contribution in [3.8, 4) is 0 Å². The molecule has 0 aromatic heterocycles. The highest BCUT2D eigenvalue weighted by Crippen LogP contribution is 2.29. The summed E-state index contributed by atoms with van der Waals surface area (Å²) in [6, 6.07) is 5.95. The Hall–Kier alpha value is -0.480. The summed E-state index contributed by atoms with van der Waals surface area (Å²) in [5.41, 5.74) is 2.04. The van der Waals surface area contributed by atoms with Crippen molar-refractivity contribution in [2.24, 2.45) is 0 Å². The van der Waals surface area contributed by atoms with E-state index in [9.17, 15) is 4.79 Å². The molecule has 1 aromatic carbocycles. The fraction of sp³-hybridized carbons (Fsp3) is 0.417. The number of hydrogen-bond acceptors (Lipinski definition) is 2. The largest absolute Gasteiger partial charge is 0.324 e. The van der Waals surface area contributed by atoms with Crippen LogP contribution in [0.3, 0.4) is 0 Å². The molecule has 1 amide bonds. The molecule has 16 heavy (non-hydrogen) atoms. The van der Waals surface area contributed by atoms with Gasteiger partial charge in [0.05, 0.1) is 10.9 Å². The molecule has 1 fully saturated rings. The molecule has 1 N–H and O–H groups in total. The van der Waals surface area contributed by atoms with Gasteiger partial charge >= 0.3 is 0 Å². The number of carbonyl (C=O) groups excluding carboxylic acids is 1. The Morgan fingerprint density at radius 3 is 3.00 bits per heavy atom. The molecule has 0 saturated carbocycles. The van der Waals surface area contributed by atoms with Crippen molar-refractivity contribution >= 4 is 39.3 Å². The van der Waals surface area contributed by atoms with Gasteiger partial charge in [0.1, 0.15) is 0 Å². The van der Waals surface area contributed by atoms with E-state index in [2.05, 4.69) is 21.2 Å². The smallest absolute Gasteiger partial charge is 0.237 e. The first-order chi connectivity index (χ1) is 7.66. The zero-order valence-corrected chi connectivity index (χ0v) is 11.5. The van der Waals surface area contributed by atoms with Crippen LogP contribution in [0.2, 0.25) is 0 Å². The lowest BCUT2D eigenvalue weighted by Crippen LogP contribution is -2.23. The molecule has 1 saturated heterocycles. The molecule has 4 heteroatoms. The van der Waals surface area contributed by atoms with E-state index < -0.39 is 0 Å². The van der Waals surface area contributed by atoms with E-state index in [1.807, 2.05) is 25.1 Å². The molecule has 0 radical (unpaired) electrons. The summed E-state index contributed by atoms with van der Waals surface area (Å²) in [4.78, 5) is 11.9. The average Bonchev–Trinajstić information content (AvgIpc) is 2.75.